The number of likely N-dealkylation sites (N-methyl/N-ethyl adjacent to an activating group) is 1. The van der Waals surface area contributed by atoms with Crippen molar-refractivity contribution >= 4 is 33.8 Å². The van der Waals surface area contributed by atoms with Crippen molar-refractivity contribution in [2.45, 2.75) is 0 Å². The molecule has 0 fully saturated rings. The SMILES string of the molecule is CN(C)CCOc1cncc(-c2ccc3c(n2)C(c2nc4c(-c5ccc(F)s5)cncc4[nH]2)=NCN3C)c1. The van der Waals surface area contributed by atoms with Crippen molar-refractivity contribution in [3.05, 3.63) is 71.8 Å². The molecule has 0 atom stereocenters. The molecule has 0 spiro atoms. The van der Waals surface area contributed by atoms with Crippen LogP contribution in [0.25, 0.3) is 32.7 Å². The summed E-state index contributed by atoms with van der Waals surface area (Å²) < 4.78 is 19.6. The van der Waals surface area contributed by atoms with Crippen LogP contribution >= 0.6 is 11.3 Å². The first-order chi connectivity index (χ1) is 18.5. The molecule has 9 nitrogen and oxygen atoms in total. The third-order valence-electron chi connectivity index (χ3n) is 6.22. The largest absolute Gasteiger partial charge is 0.491 e. The van der Waals surface area contributed by atoms with Gasteiger partial charge in [0.15, 0.2) is 11.0 Å². The second-order valence-corrected chi connectivity index (χ2v) is 10.3. The van der Waals surface area contributed by atoms with Gasteiger partial charge in [-0.25, -0.2) is 9.97 Å². The molecule has 1 aliphatic rings. The zero-order valence-electron chi connectivity index (χ0n) is 21.1. The number of thiophene rings is 1. The number of nitrogens with one attached hydrogen (secondary N) is 1. The van der Waals surface area contributed by atoms with Crippen LogP contribution in [-0.2, 0) is 0 Å². The third-order valence-corrected chi connectivity index (χ3v) is 7.13. The van der Waals surface area contributed by atoms with E-state index < -0.39 is 0 Å². The maximum Gasteiger partial charge on any atom is 0.176 e. The summed E-state index contributed by atoms with van der Waals surface area (Å²) in [4.78, 5) is 31.6. The number of ether oxygens (including phenoxy) is 1. The quantitative estimate of drug-likeness (QED) is 0.333. The molecule has 192 valence electrons. The Labute approximate surface area is 222 Å². The fraction of sp³-hybridized carbons (Fsp3) is 0.222. The second kappa shape index (κ2) is 9.92. The number of H-pyrrole nitrogens is 1. The van der Waals surface area contributed by atoms with Gasteiger partial charge in [-0.2, -0.15) is 4.39 Å². The number of pyridine rings is 3. The van der Waals surface area contributed by atoms with E-state index >= 15 is 0 Å². The predicted octanol–water partition coefficient (Wildman–Crippen LogP) is 4.47. The Bertz CT molecular complexity index is 1660. The van der Waals surface area contributed by atoms with Crippen molar-refractivity contribution in [2.75, 3.05) is 45.9 Å². The van der Waals surface area contributed by atoms with E-state index in [0.717, 1.165) is 50.8 Å². The van der Waals surface area contributed by atoms with Crippen LogP contribution < -0.4 is 9.64 Å². The molecule has 0 unspecified atom stereocenters. The van der Waals surface area contributed by atoms with Gasteiger partial charge in [-0.3, -0.25) is 15.0 Å². The summed E-state index contributed by atoms with van der Waals surface area (Å²) in [6.07, 6.45) is 6.90. The maximum atomic E-state index is 13.7. The third kappa shape index (κ3) is 4.61. The average Bonchev–Trinajstić information content (AvgIpc) is 3.55. The molecule has 0 bridgehead atoms. The minimum absolute atomic E-state index is 0.250. The first kappa shape index (κ1) is 24.1. The number of aromatic nitrogens is 5. The lowest BCUT2D eigenvalue weighted by molar-refractivity contribution is 0.261. The van der Waals surface area contributed by atoms with E-state index in [9.17, 15) is 4.39 Å². The van der Waals surface area contributed by atoms with E-state index in [4.69, 9.17) is 19.7 Å². The summed E-state index contributed by atoms with van der Waals surface area (Å²) in [6.45, 7) is 1.85. The van der Waals surface area contributed by atoms with Crippen molar-refractivity contribution in [3.8, 4) is 27.4 Å². The van der Waals surface area contributed by atoms with Crippen LogP contribution in [-0.4, -0.2) is 76.5 Å². The van der Waals surface area contributed by atoms with Crippen molar-refractivity contribution in [1.82, 2.24) is 29.8 Å². The lowest BCUT2D eigenvalue weighted by atomic mass is 10.1. The molecule has 5 aromatic heterocycles. The number of aromatic amines is 1. The fourth-order valence-electron chi connectivity index (χ4n) is 4.28. The predicted molar refractivity (Wildman–Crippen MR) is 148 cm³/mol. The molecule has 0 saturated heterocycles. The number of hydrogen-bond acceptors (Lipinski definition) is 9. The number of anilines is 1. The minimum Gasteiger partial charge on any atom is -0.491 e. The zero-order chi connectivity index (χ0) is 26.2. The van der Waals surface area contributed by atoms with E-state index in [1.165, 1.54) is 6.07 Å². The lowest BCUT2D eigenvalue weighted by Gasteiger charge is -2.25. The average molecular weight is 529 g/mol. The highest BCUT2D eigenvalue weighted by molar-refractivity contribution is 7.14. The highest BCUT2D eigenvalue weighted by atomic mass is 32.1. The number of aliphatic imine (C=N–C) groups is 1. The molecular formula is C27H25FN8OS. The number of nitrogens with zero attached hydrogens (tertiary/aromatic N) is 7. The van der Waals surface area contributed by atoms with Crippen LogP contribution in [0.1, 0.15) is 11.5 Å². The van der Waals surface area contributed by atoms with Crippen LogP contribution in [0, 0.1) is 5.13 Å². The van der Waals surface area contributed by atoms with Crippen LogP contribution in [0.4, 0.5) is 10.1 Å². The van der Waals surface area contributed by atoms with Crippen LogP contribution in [0.5, 0.6) is 5.75 Å². The zero-order valence-corrected chi connectivity index (χ0v) is 22.0. The number of hydrogen-bond donors (Lipinski definition) is 1. The summed E-state index contributed by atoms with van der Waals surface area (Å²) in [5.41, 5.74) is 6.15. The Morgan fingerprint density at radius 3 is 2.76 bits per heavy atom. The molecule has 6 heterocycles. The number of rotatable bonds is 7. The standard InChI is InChI=1S/C27H25FN8OS/c1-35(2)8-9-37-17-10-16(11-29-12-17)19-4-5-21-25(32-19)26(31-15-36(21)3)27-33-20-14-30-13-18(24(20)34-27)22-6-7-23(28)38-22/h4-7,10-14H,8-9,15H2,1-3H3,(H,33,34). The Morgan fingerprint density at radius 2 is 1.95 bits per heavy atom. The molecule has 0 radical (unpaired) electrons. The van der Waals surface area contributed by atoms with E-state index in [-0.39, 0.29) is 5.13 Å². The normalized spacial score (nSPS) is 13.2. The Kier molecular flexibility index (Phi) is 6.30. The molecule has 0 aliphatic carbocycles. The van der Waals surface area contributed by atoms with E-state index in [2.05, 4.69) is 19.9 Å². The highest BCUT2D eigenvalue weighted by Crippen LogP contribution is 2.33. The van der Waals surface area contributed by atoms with E-state index in [0.29, 0.717) is 41.8 Å². The molecule has 1 N–H and O–H groups in total. The molecule has 38 heavy (non-hydrogen) atoms. The van der Waals surface area contributed by atoms with Crippen molar-refractivity contribution in [3.63, 3.8) is 0 Å². The maximum absolute atomic E-state index is 13.7. The molecule has 0 saturated carbocycles. The van der Waals surface area contributed by atoms with Crippen molar-refractivity contribution in [2.24, 2.45) is 4.99 Å². The molecule has 1 aliphatic heterocycles. The Morgan fingerprint density at radius 1 is 1.08 bits per heavy atom. The first-order valence-electron chi connectivity index (χ1n) is 12.1. The Balaban J connectivity index is 1.38. The summed E-state index contributed by atoms with van der Waals surface area (Å²) in [6, 6.07) is 9.15. The molecule has 11 heteroatoms. The molecule has 5 aromatic rings. The van der Waals surface area contributed by atoms with Gasteiger partial charge in [0.2, 0.25) is 0 Å². The van der Waals surface area contributed by atoms with Gasteiger partial charge in [0, 0.05) is 42.0 Å². The summed E-state index contributed by atoms with van der Waals surface area (Å²) in [5, 5.41) is -0.250. The molecule has 0 amide bonds. The lowest BCUT2D eigenvalue weighted by Crippen LogP contribution is -2.27. The van der Waals surface area contributed by atoms with E-state index in [1.807, 2.05) is 44.2 Å². The van der Waals surface area contributed by atoms with Crippen LogP contribution in [0.15, 0.2) is 60.1 Å². The topological polar surface area (TPSA) is 95.4 Å². The van der Waals surface area contributed by atoms with Gasteiger partial charge >= 0.3 is 0 Å². The van der Waals surface area contributed by atoms with Crippen molar-refractivity contribution in [1.29, 1.82) is 0 Å². The summed E-state index contributed by atoms with van der Waals surface area (Å²) in [5.74, 6) is 1.28. The number of halogens is 1. The molecule has 0 aromatic carbocycles. The second-order valence-electron chi connectivity index (χ2n) is 9.24. The fourth-order valence-corrected chi connectivity index (χ4v) is 5.02. The minimum atomic E-state index is -0.250. The Hall–Kier alpha value is -4.22. The summed E-state index contributed by atoms with van der Waals surface area (Å²) in [7, 11) is 5.99. The van der Waals surface area contributed by atoms with Crippen LogP contribution in [0.2, 0.25) is 0 Å². The monoisotopic (exact) mass is 528 g/mol. The van der Waals surface area contributed by atoms with Gasteiger partial charge in [-0.05, 0) is 44.4 Å². The van der Waals surface area contributed by atoms with Gasteiger partial charge < -0.3 is 19.5 Å². The molecule has 6 rings (SSSR count). The van der Waals surface area contributed by atoms with Crippen molar-refractivity contribution < 1.29 is 9.13 Å². The highest BCUT2D eigenvalue weighted by Gasteiger charge is 2.25. The number of fused-ring (bicyclic) bond motifs is 2. The first-order valence-corrected chi connectivity index (χ1v) is 12.9. The summed E-state index contributed by atoms with van der Waals surface area (Å²) >= 11 is 1.07. The smallest absolute Gasteiger partial charge is 0.176 e. The van der Waals surface area contributed by atoms with Gasteiger partial charge in [0.05, 0.1) is 29.3 Å². The van der Waals surface area contributed by atoms with Gasteiger partial charge in [0.1, 0.15) is 35.9 Å². The van der Waals surface area contributed by atoms with Gasteiger partial charge in [-0.15, -0.1) is 11.3 Å². The van der Waals surface area contributed by atoms with Gasteiger partial charge in [-0.1, -0.05) is 0 Å². The van der Waals surface area contributed by atoms with Gasteiger partial charge in [0.25, 0.3) is 0 Å². The number of imidazole rings is 1. The molecular weight excluding hydrogens is 503 g/mol. The van der Waals surface area contributed by atoms with E-state index in [1.54, 1.807) is 30.9 Å². The van der Waals surface area contributed by atoms with Crippen LogP contribution in [0.3, 0.4) is 0 Å².